The summed E-state index contributed by atoms with van der Waals surface area (Å²) in [6.07, 6.45) is 4.94. The SMILES string of the molecule is COc1cc2c3cc1OCCCOc1cc4c(cc1OC)Cc1cc5c(OC)cc1Cc1cc(c(OC)cc1C4)OCCCOc1cc(c(cc1OC)C3)Cc1cc(OC)c(cc1C2)OCCO5. The van der Waals surface area contributed by atoms with Crippen molar-refractivity contribution in [2.45, 2.75) is 51.4 Å². The third-order valence-electron chi connectivity index (χ3n) is 13.4. The van der Waals surface area contributed by atoms with Crippen LogP contribution in [0.3, 0.4) is 0 Å². The molecule has 0 atom stereocenters. The van der Waals surface area contributed by atoms with Crippen molar-refractivity contribution in [3.8, 4) is 69.0 Å². The summed E-state index contributed by atoms with van der Waals surface area (Å²) < 4.78 is 75.5. The van der Waals surface area contributed by atoms with Gasteiger partial charge in [-0.3, -0.25) is 0 Å². The van der Waals surface area contributed by atoms with Crippen molar-refractivity contribution in [1.29, 1.82) is 0 Å². The fourth-order valence-electron chi connectivity index (χ4n) is 9.85. The second-order valence-corrected chi connectivity index (χ2v) is 17.5. The summed E-state index contributed by atoms with van der Waals surface area (Å²) >= 11 is 0. The van der Waals surface area contributed by atoms with E-state index in [0.29, 0.717) is 147 Å². The van der Waals surface area contributed by atoms with Gasteiger partial charge in [0.05, 0.1) is 69.1 Å². The highest BCUT2D eigenvalue weighted by Crippen LogP contribution is 2.44. The maximum absolute atomic E-state index is 6.56. The van der Waals surface area contributed by atoms with Gasteiger partial charge < -0.3 is 56.8 Å². The summed E-state index contributed by atoms with van der Waals surface area (Å²) in [6.45, 7) is 2.12. The minimum absolute atomic E-state index is 0.255. The first-order valence-electron chi connectivity index (χ1n) is 23.3. The number of hydrogen-bond acceptors (Lipinski definition) is 12. The van der Waals surface area contributed by atoms with Gasteiger partial charge in [0.15, 0.2) is 69.0 Å². The lowest BCUT2D eigenvalue weighted by atomic mass is 9.94. The van der Waals surface area contributed by atoms with E-state index in [-0.39, 0.29) is 13.2 Å². The Morgan fingerprint density at radius 3 is 0.574 bits per heavy atom. The van der Waals surface area contributed by atoms with Crippen molar-refractivity contribution < 1.29 is 56.8 Å². The molecule has 68 heavy (non-hydrogen) atoms. The lowest BCUT2D eigenvalue weighted by Crippen LogP contribution is -2.11. The molecule has 0 radical (unpaired) electrons. The molecule has 10 aliphatic rings. The smallest absolute Gasteiger partial charge is 0.161 e. The Morgan fingerprint density at radius 1 is 0.235 bits per heavy atom. The number of rotatable bonds is 6. The first-order chi connectivity index (χ1) is 33.3. The molecular weight excluding hydrogens is 865 g/mol. The van der Waals surface area contributed by atoms with Crippen molar-refractivity contribution in [3.63, 3.8) is 0 Å². The van der Waals surface area contributed by atoms with Crippen LogP contribution in [-0.2, 0) is 38.5 Å². The van der Waals surface area contributed by atoms with E-state index in [9.17, 15) is 0 Å². The molecule has 0 N–H and O–H groups in total. The molecule has 8 aliphatic heterocycles. The minimum Gasteiger partial charge on any atom is -0.493 e. The molecule has 2 aliphatic carbocycles. The molecule has 0 unspecified atom stereocenters. The quantitative estimate of drug-likeness (QED) is 0.158. The third kappa shape index (κ3) is 9.03. The van der Waals surface area contributed by atoms with E-state index in [1.807, 2.05) is 0 Å². The molecule has 16 rings (SSSR count). The van der Waals surface area contributed by atoms with E-state index in [2.05, 4.69) is 72.8 Å². The van der Waals surface area contributed by atoms with Crippen molar-refractivity contribution >= 4 is 0 Å². The maximum Gasteiger partial charge on any atom is 0.161 e. The van der Waals surface area contributed by atoms with Crippen LogP contribution < -0.4 is 56.8 Å². The highest BCUT2D eigenvalue weighted by molar-refractivity contribution is 5.60. The Morgan fingerprint density at radius 2 is 0.397 bits per heavy atom. The summed E-state index contributed by atoms with van der Waals surface area (Å²) in [4.78, 5) is 0. The molecule has 0 aromatic heterocycles. The zero-order valence-corrected chi connectivity index (χ0v) is 39.7. The van der Waals surface area contributed by atoms with E-state index < -0.39 is 0 Å². The second kappa shape index (κ2) is 19.6. The first-order valence-corrected chi connectivity index (χ1v) is 23.3. The van der Waals surface area contributed by atoms with Crippen molar-refractivity contribution in [1.82, 2.24) is 0 Å². The predicted molar refractivity (Wildman–Crippen MR) is 257 cm³/mol. The van der Waals surface area contributed by atoms with Gasteiger partial charge in [0.25, 0.3) is 0 Å². The number of ether oxygens (including phenoxy) is 12. The van der Waals surface area contributed by atoms with Crippen molar-refractivity contribution in [3.05, 3.63) is 140 Å². The molecule has 0 saturated heterocycles. The topological polar surface area (TPSA) is 111 Å². The van der Waals surface area contributed by atoms with E-state index in [0.717, 1.165) is 66.8 Å². The van der Waals surface area contributed by atoms with Gasteiger partial charge in [-0.25, -0.2) is 0 Å². The van der Waals surface area contributed by atoms with Crippen LogP contribution in [0.2, 0.25) is 0 Å². The fourth-order valence-corrected chi connectivity index (χ4v) is 9.85. The summed E-state index contributed by atoms with van der Waals surface area (Å²) in [7, 11) is 10.1. The Labute approximate surface area is 397 Å². The normalized spacial score (nSPS) is 15.1. The Hall–Kier alpha value is -7.08. The average Bonchev–Trinajstić information content (AvgIpc) is 3.44. The third-order valence-corrected chi connectivity index (χ3v) is 13.4. The molecular formula is C56H58O12. The Bertz CT molecular complexity index is 2650. The van der Waals surface area contributed by atoms with Gasteiger partial charge in [0, 0.05) is 12.8 Å². The van der Waals surface area contributed by atoms with Crippen LogP contribution in [0.4, 0.5) is 0 Å². The highest BCUT2D eigenvalue weighted by Gasteiger charge is 2.26. The molecule has 0 amide bonds. The van der Waals surface area contributed by atoms with E-state index in [1.165, 1.54) is 0 Å². The molecule has 0 saturated carbocycles. The van der Waals surface area contributed by atoms with E-state index in [4.69, 9.17) is 56.8 Å². The fraction of sp³-hybridized carbons (Fsp3) is 0.357. The number of methoxy groups -OCH3 is 6. The summed E-state index contributed by atoms with van der Waals surface area (Å²) in [5.41, 5.74) is 13.2. The molecule has 16 bridgehead atoms. The lowest BCUT2D eigenvalue weighted by molar-refractivity contribution is 0.206. The molecule has 12 heteroatoms. The van der Waals surface area contributed by atoms with Crippen LogP contribution >= 0.6 is 0 Å². The van der Waals surface area contributed by atoms with E-state index in [1.54, 1.807) is 42.7 Å². The average molecular weight is 923 g/mol. The molecule has 12 nitrogen and oxygen atoms in total. The van der Waals surface area contributed by atoms with Gasteiger partial charge in [-0.2, -0.15) is 0 Å². The molecule has 0 spiro atoms. The summed E-state index contributed by atoms with van der Waals surface area (Å²) in [6, 6.07) is 25.3. The lowest BCUT2D eigenvalue weighted by Gasteiger charge is -2.19. The zero-order chi connectivity index (χ0) is 46.7. The van der Waals surface area contributed by atoms with Crippen LogP contribution in [-0.4, -0.2) is 82.3 Å². The molecule has 6 aromatic carbocycles. The summed E-state index contributed by atoms with van der Waals surface area (Å²) in [5, 5.41) is 0. The maximum atomic E-state index is 6.56. The highest BCUT2D eigenvalue weighted by atomic mass is 16.6. The second-order valence-electron chi connectivity index (χ2n) is 17.5. The van der Waals surface area contributed by atoms with Gasteiger partial charge in [-0.1, -0.05) is 0 Å². The van der Waals surface area contributed by atoms with Crippen LogP contribution in [0.15, 0.2) is 72.8 Å². The molecule has 8 heterocycles. The summed E-state index contributed by atoms with van der Waals surface area (Å²) in [5.74, 6) is 7.81. The molecule has 0 fully saturated rings. The largest absolute Gasteiger partial charge is 0.493 e. The van der Waals surface area contributed by atoms with Crippen LogP contribution in [0, 0.1) is 0 Å². The van der Waals surface area contributed by atoms with Gasteiger partial charge in [0.2, 0.25) is 0 Å². The predicted octanol–water partition coefficient (Wildman–Crippen LogP) is 9.69. The zero-order valence-electron chi connectivity index (χ0n) is 39.7. The molecule has 6 aromatic rings. The van der Waals surface area contributed by atoms with Gasteiger partial charge in [0.1, 0.15) is 13.2 Å². The standard InChI is InChI=1S/C56H58O12/c1-57-45-21-33-15-39-27-51-47(59-3)23-35(39)19-43-31-55-49(61-5)25-37(43)17-41(33)29-53(45)65-11-8-12-66-54-30-42-18-38-26-50(62-6)56(68-14-13-67-55)32-44(38)20-36-24-48(60-4)52(64-10-7-9-63-51)28-40(36)16-34(42)22-46(54)58-2/h21-32H,7-20H2,1-6H3. The molecule has 354 valence electrons. The van der Waals surface area contributed by atoms with Crippen molar-refractivity contribution in [2.24, 2.45) is 0 Å². The minimum atomic E-state index is 0.255. The van der Waals surface area contributed by atoms with E-state index >= 15 is 0 Å². The van der Waals surface area contributed by atoms with Crippen molar-refractivity contribution in [2.75, 3.05) is 82.3 Å². The van der Waals surface area contributed by atoms with Crippen LogP contribution in [0.25, 0.3) is 0 Å². The van der Waals surface area contributed by atoms with Gasteiger partial charge in [-0.15, -0.1) is 0 Å². The van der Waals surface area contributed by atoms with Gasteiger partial charge >= 0.3 is 0 Å². The van der Waals surface area contributed by atoms with Crippen LogP contribution in [0.1, 0.15) is 79.6 Å². The Kier molecular flexibility index (Phi) is 12.9. The first kappa shape index (κ1) is 44.7. The Balaban J connectivity index is 1.17. The number of benzene rings is 6. The van der Waals surface area contributed by atoms with Crippen LogP contribution in [0.5, 0.6) is 69.0 Å². The van der Waals surface area contributed by atoms with Gasteiger partial charge in [-0.05, 0) is 178 Å². The monoisotopic (exact) mass is 922 g/mol. The number of hydrogen-bond donors (Lipinski definition) is 0.